The number of aryl methyl sites for hydroxylation is 1. The van der Waals surface area contributed by atoms with Gasteiger partial charge in [0.05, 0.1) is 11.1 Å². The van der Waals surface area contributed by atoms with Crippen LogP contribution in [0.1, 0.15) is 17.2 Å². The van der Waals surface area contributed by atoms with Gasteiger partial charge in [0.2, 0.25) is 0 Å². The highest BCUT2D eigenvalue weighted by molar-refractivity contribution is 6.33. The van der Waals surface area contributed by atoms with E-state index in [1.54, 1.807) is 18.3 Å². The van der Waals surface area contributed by atoms with Crippen molar-refractivity contribution in [2.24, 2.45) is 12.2 Å². The first-order chi connectivity index (χ1) is 13.2. The Bertz CT molecular complexity index is 1220. The molecule has 7 heteroatoms. The molecule has 4 aromatic rings. The van der Waals surface area contributed by atoms with Gasteiger partial charge in [-0.05, 0) is 46.6 Å². The van der Waals surface area contributed by atoms with E-state index in [1.165, 1.54) is 0 Å². The van der Waals surface area contributed by atoms with Crippen molar-refractivity contribution in [1.29, 1.82) is 0 Å². The lowest BCUT2D eigenvalue weighted by Gasteiger charge is -2.19. The smallest absolute Gasteiger partial charge is 0.140 e. The van der Waals surface area contributed by atoms with Crippen LogP contribution < -0.4 is 5.32 Å². The summed E-state index contributed by atoms with van der Waals surface area (Å²) in [5.74, 6) is 0.794. The highest BCUT2D eigenvalue weighted by Gasteiger charge is 2.27. The predicted octanol–water partition coefficient (Wildman–Crippen LogP) is 5.20. The molecule has 3 aromatic heterocycles. The monoisotopic (exact) mass is 375 g/mol. The van der Waals surface area contributed by atoms with Gasteiger partial charge in [0.25, 0.3) is 0 Å². The van der Waals surface area contributed by atoms with Crippen LogP contribution in [0.4, 0.5) is 11.5 Å². The molecular formula is C20H14ClN5O. The quantitative estimate of drug-likeness (QED) is 0.488. The molecule has 1 N–H and O–H groups in total. The Morgan fingerprint density at radius 3 is 2.85 bits per heavy atom. The molecule has 6 nitrogen and oxygen atoms in total. The summed E-state index contributed by atoms with van der Waals surface area (Å²) in [6, 6.07) is 11.1. The number of rotatable bonds is 2. The van der Waals surface area contributed by atoms with E-state index in [4.69, 9.17) is 11.6 Å². The van der Waals surface area contributed by atoms with Gasteiger partial charge in [-0.2, -0.15) is 0 Å². The van der Waals surface area contributed by atoms with E-state index in [0.29, 0.717) is 5.02 Å². The van der Waals surface area contributed by atoms with E-state index in [0.717, 1.165) is 39.1 Å². The number of fused-ring (bicyclic) bond motifs is 2. The van der Waals surface area contributed by atoms with Gasteiger partial charge in [-0.15, -0.1) is 4.91 Å². The minimum atomic E-state index is -0.189. The van der Waals surface area contributed by atoms with Gasteiger partial charge < -0.3 is 9.88 Å². The van der Waals surface area contributed by atoms with Gasteiger partial charge >= 0.3 is 0 Å². The first-order valence-electron chi connectivity index (χ1n) is 8.46. The van der Waals surface area contributed by atoms with Crippen LogP contribution in [0.3, 0.4) is 0 Å². The van der Waals surface area contributed by atoms with E-state index < -0.39 is 0 Å². The lowest BCUT2D eigenvalue weighted by Crippen LogP contribution is -2.12. The van der Waals surface area contributed by atoms with Gasteiger partial charge in [0.1, 0.15) is 17.2 Å². The Morgan fingerprint density at radius 1 is 1.15 bits per heavy atom. The number of nitrogens with zero attached hydrogens (tertiary/aromatic N) is 4. The normalized spacial score (nSPS) is 15.1. The second kappa shape index (κ2) is 5.89. The van der Waals surface area contributed by atoms with Crippen molar-refractivity contribution in [2.75, 3.05) is 5.32 Å². The number of aromatic nitrogens is 3. The van der Waals surface area contributed by atoms with Crippen molar-refractivity contribution < 1.29 is 0 Å². The second-order valence-electron chi connectivity index (χ2n) is 6.53. The van der Waals surface area contributed by atoms with Gasteiger partial charge in [-0.3, -0.25) is 0 Å². The molecule has 1 unspecified atom stereocenters. The average Bonchev–Trinajstić information content (AvgIpc) is 2.95. The first kappa shape index (κ1) is 16.0. The minimum absolute atomic E-state index is 0.189. The van der Waals surface area contributed by atoms with E-state index >= 15 is 0 Å². The molecule has 0 spiro atoms. The number of nitrogens with one attached hydrogen (secondary N) is 1. The Labute approximate surface area is 159 Å². The highest BCUT2D eigenvalue weighted by Crippen LogP contribution is 2.44. The van der Waals surface area contributed by atoms with E-state index in [9.17, 15) is 4.91 Å². The van der Waals surface area contributed by atoms with Gasteiger partial charge in [0, 0.05) is 42.2 Å². The van der Waals surface area contributed by atoms with Crippen LogP contribution in [-0.4, -0.2) is 14.5 Å². The van der Waals surface area contributed by atoms with Crippen LogP contribution in [0.25, 0.3) is 22.2 Å². The molecule has 1 atom stereocenters. The SMILES string of the molecule is Cn1cc2c3c(ccnc31)-c1cccnc1NC2c1ccc(N=O)c(Cl)c1. The molecule has 0 saturated heterocycles. The number of pyridine rings is 2. The topological polar surface area (TPSA) is 72.2 Å². The van der Waals surface area contributed by atoms with E-state index in [1.807, 2.05) is 36.0 Å². The zero-order valence-corrected chi connectivity index (χ0v) is 15.1. The molecule has 0 fully saturated rings. The standard InChI is InChI=1S/C20H14ClN5O/c1-26-10-14-17-12(6-8-23-20(17)26)13-3-2-7-22-19(13)24-18(14)11-4-5-16(25-27)15(21)9-11/h2-10,18H,1H3,(H,22,24). The largest absolute Gasteiger partial charge is 0.359 e. The second-order valence-corrected chi connectivity index (χ2v) is 6.94. The van der Waals surface area contributed by atoms with Crippen molar-refractivity contribution in [3.63, 3.8) is 0 Å². The summed E-state index contributed by atoms with van der Waals surface area (Å²) < 4.78 is 2.02. The number of halogens is 1. The predicted molar refractivity (Wildman–Crippen MR) is 106 cm³/mol. The molecule has 1 aromatic carbocycles. The maximum absolute atomic E-state index is 10.9. The number of benzene rings is 1. The zero-order valence-electron chi connectivity index (χ0n) is 14.3. The van der Waals surface area contributed by atoms with Crippen LogP contribution >= 0.6 is 11.6 Å². The fraction of sp³-hybridized carbons (Fsp3) is 0.100. The average molecular weight is 376 g/mol. The zero-order chi connectivity index (χ0) is 18.5. The van der Waals surface area contributed by atoms with Crippen LogP contribution in [0.15, 0.2) is 60.2 Å². The first-order valence-corrected chi connectivity index (χ1v) is 8.84. The lowest BCUT2D eigenvalue weighted by atomic mass is 9.97. The fourth-order valence-electron chi connectivity index (χ4n) is 3.77. The summed E-state index contributed by atoms with van der Waals surface area (Å²) in [6.07, 6.45) is 5.66. The summed E-state index contributed by atoms with van der Waals surface area (Å²) in [7, 11) is 1.98. The molecule has 0 radical (unpaired) electrons. The van der Waals surface area contributed by atoms with Gasteiger partial charge in [-0.1, -0.05) is 17.7 Å². The molecule has 0 bridgehead atoms. The van der Waals surface area contributed by atoms with Crippen LogP contribution in [0.2, 0.25) is 5.02 Å². The van der Waals surface area contributed by atoms with Crippen molar-refractivity contribution in [3.8, 4) is 11.1 Å². The summed E-state index contributed by atoms with van der Waals surface area (Å²) in [5.41, 5.74) is 5.25. The molecule has 1 aliphatic heterocycles. The Balaban J connectivity index is 1.83. The summed E-state index contributed by atoms with van der Waals surface area (Å²) in [5, 5.41) is 7.91. The maximum atomic E-state index is 10.9. The van der Waals surface area contributed by atoms with Crippen molar-refractivity contribution >= 4 is 34.1 Å². The number of hydrogen-bond acceptors (Lipinski definition) is 5. The van der Waals surface area contributed by atoms with Gasteiger partial charge in [0.15, 0.2) is 0 Å². The molecule has 1 aliphatic rings. The van der Waals surface area contributed by atoms with Crippen LogP contribution in [0.5, 0.6) is 0 Å². The molecule has 5 rings (SSSR count). The molecule has 0 saturated carbocycles. The van der Waals surface area contributed by atoms with Crippen molar-refractivity contribution in [1.82, 2.24) is 14.5 Å². The third kappa shape index (κ3) is 2.34. The molecule has 0 amide bonds. The Hall–Kier alpha value is -3.25. The third-order valence-corrected chi connectivity index (χ3v) is 5.28. The Kier molecular flexibility index (Phi) is 3.48. The number of hydrogen-bond donors (Lipinski definition) is 1. The molecule has 0 aliphatic carbocycles. The maximum Gasteiger partial charge on any atom is 0.140 e. The molecule has 4 heterocycles. The molecule has 27 heavy (non-hydrogen) atoms. The minimum Gasteiger partial charge on any atom is -0.359 e. The van der Waals surface area contributed by atoms with Crippen molar-refractivity contribution in [3.05, 3.63) is 76.0 Å². The molecule has 132 valence electrons. The summed E-state index contributed by atoms with van der Waals surface area (Å²) in [6.45, 7) is 0. The van der Waals surface area contributed by atoms with E-state index in [-0.39, 0.29) is 11.7 Å². The van der Waals surface area contributed by atoms with Crippen LogP contribution in [0, 0.1) is 4.91 Å². The van der Waals surface area contributed by atoms with Crippen LogP contribution in [-0.2, 0) is 7.05 Å². The number of nitroso groups, excluding NO2 is 1. The Morgan fingerprint density at radius 2 is 2.04 bits per heavy atom. The number of anilines is 1. The lowest BCUT2D eigenvalue weighted by molar-refractivity contribution is 0.898. The molecular weight excluding hydrogens is 362 g/mol. The van der Waals surface area contributed by atoms with E-state index in [2.05, 4.69) is 32.7 Å². The summed E-state index contributed by atoms with van der Waals surface area (Å²) in [4.78, 5) is 20.0. The highest BCUT2D eigenvalue weighted by atomic mass is 35.5. The van der Waals surface area contributed by atoms with Gasteiger partial charge in [-0.25, -0.2) is 9.97 Å². The third-order valence-electron chi connectivity index (χ3n) is 4.98. The summed E-state index contributed by atoms with van der Waals surface area (Å²) >= 11 is 6.24. The van der Waals surface area contributed by atoms with Crippen molar-refractivity contribution in [2.45, 2.75) is 6.04 Å². The fourth-order valence-corrected chi connectivity index (χ4v) is 4.00.